The van der Waals surface area contributed by atoms with Crippen LogP contribution in [0.1, 0.15) is 5.56 Å². The number of rotatable bonds is 5. The molecule has 0 saturated carbocycles. The van der Waals surface area contributed by atoms with E-state index in [1.165, 1.54) is 12.3 Å². The summed E-state index contributed by atoms with van der Waals surface area (Å²) in [5, 5.41) is 3.50. The van der Waals surface area contributed by atoms with Crippen molar-refractivity contribution in [2.75, 3.05) is 10.5 Å². The molecule has 0 spiro atoms. The van der Waals surface area contributed by atoms with Crippen LogP contribution in [0.5, 0.6) is 0 Å². The molecule has 18 heavy (non-hydrogen) atoms. The monoisotopic (exact) mass is 330 g/mol. The lowest BCUT2D eigenvalue weighted by molar-refractivity contribution is 0.423. The fourth-order valence-electron chi connectivity index (χ4n) is 1.42. The van der Waals surface area contributed by atoms with Crippen molar-refractivity contribution in [3.05, 3.63) is 46.6 Å². The fraction of sp³-hybridized carbons (Fsp3) is 0.182. The van der Waals surface area contributed by atoms with Gasteiger partial charge in [-0.15, -0.1) is 0 Å². The summed E-state index contributed by atoms with van der Waals surface area (Å²) in [6.45, 7) is 0. The Kier molecular flexibility index (Phi) is 4.03. The summed E-state index contributed by atoms with van der Waals surface area (Å²) < 4.78 is 31.4. The van der Waals surface area contributed by atoms with Crippen molar-refractivity contribution in [2.24, 2.45) is 0 Å². The number of sulfonamides is 1. The Balaban J connectivity index is 1.99. The van der Waals surface area contributed by atoms with Crippen molar-refractivity contribution in [2.45, 2.75) is 6.42 Å². The summed E-state index contributed by atoms with van der Waals surface area (Å²) in [5.41, 5.74) is 0.947. The maximum absolute atomic E-state index is 11.8. The van der Waals surface area contributed by atoms with Crippen LogP contribution >= 0.6 is 15.9 Å². The first-order valence-corrected chi connectivity index (χ1v) is 7.66. The summed E-state index contributed by atoms with van der Waals surface area (Å²) in [4.78, 5) is 0. The Morgan fingerprint density at radius 1 is 1.28 bits per heavy atom. The highest BCUT2D eigenvalue weighted by Gasteiger charge is 2.13. The number of halogens is 1. The molecule has 1 N–H and O–H groups in total. The highest BCUT2D eigenvalue weighted by atomic mass is 79.9. The zero-order valence-corrected chi connectivity index (χ0v) is 11.7. The normalized spacial score (nSPS) is 11.4. The lowest BCUT2D eigenvalue weighted by atomic mass is 10.2. The van der Waals surface area contributed by atoms with Crippen molar-refractivity contribution < 1.29 is 12.9 Å². The van der Waals surface area contributed by atoms with E-state index in [9.17, 15) is 8.42 Å². The number of anilines is 1. The number of aryl methyl sites for hydroxylation is 1. The Morgan fingerprint density at radius 3 is 2.72 bits per heavy atom. The van der Waals surface area contributed by atoms with E-state index in [0.29, 0.717) is 6.42 Å². The molecule has 0 fully saturated rings. The first kappa shape index (κ1) is 13.1. The lowest BCUT2D eigenvalue weighted by Gasteiger charge is -2.06. The van der Waals surface area contributed by atoms with E-state index in [2.05, 4.69) is 30.3 Å². The molecule has 0 saturated heterocycles. The van der Waals surface area contributed by atoms with Crippen LogP contribution < -0.4 is 4.72 Å². The highest BCUT2D eigenvalue weighted by molar-refractivity contribution is 9.10. The molecule has 7 heteroatoms. The zero-order chi connectivity index (χ0) is 13.0. The van der Waals surface area contributed by atoms with Gasteiger partial charge >= 0.3 is 0 Å². The van der Waals surface area contributed by atoms with Gasteiger partial charge in [-0.3, -0.25) is 4.72 Å². The third-order valence-corrected chi connectivity index (χ3v) is 4.33. The predicted molar refractivity (Wildman–Crippen MR) is 71.8 cm³/mol. The van der Waals surface area contributed by atoms with Gasteiger partial charge in [0.2, 0.25) is 10.0 Å². The second-order valence-corrected chi connectivity index (χ2v) is 6.34. The van der Waals surface area contributed by atoms with E-state index in [4.69, 9.17) is 0 Å². The summed E-state index contributed by atoms with van der Waals surface area (Å²) in [6, 6.07) is 8.98. The van der Waals surface area contributed by atoms with Gasteiger partial charge in [0.1, 0.15) is 6.26 Å². The summed E-state index contributed by atoms with van der Waals surface area (Å²) in [5.74, 6) is 0.185. The summed E-state index contributed by atoms with van der Waals surface area (Å²) in [6.07, 6.45) is 1.74. The molecule has 1 heterocycles. The SMILES string of the molecule is O=S(=O)(CCc1ccccc1Br)Nc1ccon1. The van der Waals surface area contributed by atoms with Crippen LogP contribution in [-0.4, -0.2) is 19.3 Å². The molecule has 0 amide bonds. The van der Waals surface area contributed by atoms with Crippen LogP contribution in [0, 0.1) is 0 Å². The molecule has 0 atom stereocenters. The number of nitrogens with zero attached hydrogens (tertiary/aromatic N) is 1. The molecule has 0 aliphatic rings. The lowest BCUT2D eigenvalue weighted by Crippen LogP contribution is -2.18. The second kappa shape index (κ2) is 5.53. The van der Waals surface area contributed by atoms with Crippen molar-refractivity contribution in [3.8, 4) is 0 Å². The molecule has 2 aromatic rings. The maximum Gasteiger partial charge on any atom is 0.234 e. The standard InChI is InChI=1S/C11H11BrN2O3S/c12-10-4-2-1-3-9(10)6-8-18(15,16)14-11-5-7-17-13-11/h1-5,7H,6,8H2,(H,13,14). The minimum Gasteiger partial charge on any atom is -0.363 e. The van der Waals surface area contributed by atoms with Crippen molar-refractivity contribution in [1.29, 1.82) is 0 Å². The van der Waals surface area contributed by atoms with E-state index < -0.39 is 10.0 Å². The van der Waals surface area contributed by atoms with Gasteiger partial charge in [0.05, 0.1) is 5.75 Å². The van der Waals surface area contributed by atoms with Gasteiger partial charge in [-0.1, -0.05) is 39.3 Å². The third kappa shape index (κ3) is 3.58. The molecule has 5 nitrogen and oxygen atoms in total. The van der Waals surface area contributed by atoms with Crippen molar-refractivity contribution >= 4 is 31.8 Å². The smallest absolute Gasteiger partial charge is 0.234 e. The number of benzene rings is 1. The minimum absolute atomic E-state index is 0.0114. The number of nitrogens with one attached hydrogen (secondary N) is 1. The van der Waals surface area contributed by atoms with E-state index in [1.54, 1.807) is 0 Å². The van der Waals surface area contributed by atoms with Gasteiger partial charge in [-0.25, -0.2) is 8.42 Å². The van der Waals surface area contributed by atoms with Gasteiger partial charge < -0.3 is 4.52 Å². The molecule has 0 aliphatic carbocycles. The van der Waals surface area contributed by atoms with Crippen LogP contribution in [0.2, 0.25) is 0 Å². The molecule has 0 bridgehead atoms. The number of aromatic nitrogens is 1. The Morgan fingerprint density at radius 2 is 2.06 bits per heavy atom. The molecule has 96 valence electrons. The molecule has 0 unspecified atom stereocenters. The van der Waals surface area contributed by atoms with Crippen LogP contribution in [0.25, 0.3) is 0 Å². The van der Waals surface area contributed by atoms with E-state index >= 15 is 0 Å². The van der Waals surface area contributed by atoms with Gasteiger partial charge in [0.25, 0.3) is 0 Å². The van der Waals surface area contributed by atoms with Crippen molar-refractivity contribution in [3.63, 3.8) is 0 Å². The van der Waals surface area contributed by atoms with Gasteiger partial charge in [0.15, 0.2) is 5.82 Å². The maximum atomic E-state index is 11.8. The molecular formula is C11H11BrN2O3S. The average Bonchev–Trinajstić information content (AvgIpc) is 2.80. The Hall–Kier alpha value is -1.34. The topological polar surface area (TPSA) is 72.2 Å². The number of hydrogen-bond donors (Lipinski definition) is 1. The molecule has 0 radical (unpaired) electrons. The highest BCUT2D eigenvalue weighted by Crippen LogP contribution is 2.17. The van der Waals surface area contributed by atoms with Crippen LogP contribution in [0.4, 0.5) is 5.82 Å². The van der Waals surface area contributed by atoms with Crippen LogP contribution in [0.15, 0.2) is 45.6 Å². The largest absolute Gasteiger partial charge is 0.363 e. The van der Waals surface area contributed by atoms with Crippen LogP contribution in [-0.2, 0) is 16.4 Å². The van der Waals surface area contributed by atoms with Gasteiger partial charge in [-0.2, -0.15) is 0 Å². The van der Waals surface area contributed by atoms with Crippen LogP contribution in [0.3, 0.4) is 0 Å². The summed E-state index contributed by atoms with van der Waals surface area (Å²) in [7, 11) is -3.41. The van der Waals surface area contributed by atoms with E-state index in [1.807, 2.05) is 24.3 Å². The van der Waals surface area contributed by atoms with Gasteiger partial charge in [-0.05, 0) is 18.1 Å². The zero-order valence-electron chi connectivity index (χ0n) is 9.34. The predicted octanol–water partition coefficient (Wildman–Crippen LogP) is 2.42. The number of hydrogen-bond acceptors (Lipinski definition) is 4. The minimum atomic E-state index is -3.41. The quantitative estimate of drug-likeness (QED) is 0.913. The van der Waals surface area contributed by atoms with Crippen molar-refractivity contribution in [1.82, 2.24) is 5.16 Å². The van der Waals surface area contributed by atoms with E-state index in [-0.39, 0.29) is 11.6 Å². The second-order valence-electron chi connectivity index (χ2n) is 3.65. The molecule has 0 aliphatic heterocycles. The third-order valence-electron chi connectivity index (χ3n) is 2.30. The molecular weight excluding hydrogens is 320 g/mol. The van der Waals surface area contributed by atoms with E-state index in [0.717, 1.165) is 10.0 Å². The average molecular weight is 331 g/mol. The Labute approximate surface area is 113 Å². The first-order valence-electron chi connectivity index (χ1n) is 5.21. The fourth-order valence-corrected chi connectivity index (χ4v) is 2.92. The summed E-state index contributed by atoms with van der Waals surface area (Å²) >= 11 is 3.38. The first-order chi connectivity index (χ1) is 8.57. The molecule has 2 rings (SSSR count). The van der Waals surface area contributed by atoms with Gasteiger partial charge in [0, 0.05) is 10.5 Å². The molecule has 1 aromatic heterocycles. The molecule has 1 aromatic carbocycles. The Bertz CT molecular complexity index is 611.